The van der Waals surface area contributed by atoms with Gasteiger partial charge in [-0.3, -0.25) is 14.5 Å². The van der Waals surface area contributed by atoms with E-state index in [1.165, 1.54) is 0 Å². The minimum Gasteiger partial charge on any atom is -0.481 e. The topological polar surface area (TPSA) is 64.1 Å². The monoisotopic (exact) mass is 359 g/mol. The summed E-state index contributed by atoms with van der Waals surface area (Å²) in [5.41, 5.74) is 1.85. The standard InChI is InChI=1S/C20H29N3O3/c1-15(2)21-11-13-22(14-12-21)18-5-3-16(4-6-18)19(24)23-9-7-17(8-10-23)20(25)26/h3-6,15,17H,7-14H2,1-2H3,(H,25,26). The quantitative estimate of drug-likeness (QED) is 0.892. The van der Waals surface area contributed by atoms with Gasteiger partial charge in [0.15, 0.2) is 0 Å². The number of hydrogen-bond acceptors (Lipinski definition) is 4. The first-order valence-electron chi connectivity index (χ1n) is 9.57. The molecule has 0 saturated carbocycles. The number of nitrogens with zero attached hydrogens (tertiary/aromatic N) is 3. The van der Waals surface area contributed by atoms with E-state index in [4.69, 9.17) is 5.11 Å². The first-order chi connectivity index (χ1) is 12.5. The zero-order chi connectivity index (χ0) is 18.7. The van der Waals surface area contributed by atoms with Gasteiger partial charge >= 0.3 is 5.97 Å². The molecule has 6 heteroatoms. The molecule has 0 aromatic heterocycles. The van der Waals surface area contributed by atoms with E-state index in [1.54, 1.807) is 4.90 Å². The van der Waals surface area contributed by atoms with E-state index in [1.807, 2.05) is 24.3 Å². The van der Waals surface area contributed by atoms with Crippen LogP contribution in [0.4, 0.5) is 5.69 Å². The lowest BCUT2D eigenvalue weighted by Gasteiger charge is -2.38. The lowest BCUT2D eigenvalue weighted by molar-refractivity contribution is -0.143. The van der Waals surface area contributed by atoms with Gasteiger partial charge < -0.3 is 14.9 Å². The largest absolute Gasteiger partial charge is 0.481 e. The van der Waals surface area contributed by atoms with Gasteiger partial charge in [-0.2, -0.15) is 0 Å². The van der Waals surface area contributed by atoms with E-state index < -0.39 is 5.97 Å². The predicted molar refractivity (Wildman–Crippen MR) is 102 cm³/mol. The Kier molecular flexibility index (Phi) is 5.81. The second-order valence-corrected chi connectivity index (χ2v) is 7.57. The van der Waals surface area contributed by atoms with E-state index in [2.05, 4.69) is 23.6 Å². The van der Waals surface area contributed by atoms with Crippen molar-refractivity contribution in [3.8, 4) is 0 Å². The maximum absolute atomic E-state index is 12.6. The molecule has 142 valence electrons. The van der Waals surface area contributed by atoms with Gasteiger partial charge in [0.25, 0.3) is 5.91 Å². The van der Waals surface area contributed by atoms with Crippen LogP contribution in [0.5, 0.6) is 0 Å². The molecular formula is C20H29N3O3. The van der Waals surface area contributed by atoms with Crippen molar-refractivity contribution < 1.29 is 14.7 Å². The fourth-order valence-corrected chi connectivity index (χ4v) is 3.82. The summed E-state index contributed by atoms with van der Waals surface area (Å²) in [4.78, 5) is 30.3. The average Bonchev–Trinajstić information content (AvgIpc) is 2.67. The minimum absolute atomic E-state index is 0.00464. The van der Waals surface area contributed by atoms with Crippen LogP contribution in [0.25, 0.3) is 0 Å². The molecule has 1 N–H and O–H groups in total. The first-order valence-corrected chi connectivity index (χ1v) is 9.57. The molecule has 0 spiro atoms. The highest BCUT2D eigenvalue weighted by molar-refractivity contribution is 5.94. The Morgan fingerprint density at radius 1 is 0.962 bits per heavy atom. The molecule has 2 aliphatic rings. The molecule has 0 radical (unpaired) electrons. The van der Waals surface area contributed by atoms with Crippen molar-refractivity contribution >= 4 is 17.6 Å². The van der Waals surface area contributed by atoms with Crippen molar-refractivity contribution in [2.24, 2.45) is 5.92 Å². The SMILES string of the molecule is CC(C)N1CCN(c2ccc(C(=O)N3CCC(C(=O)O)CC3)cc2)CC1. The molecular weight excluding hydrogens is 330 g/mol. The molecule has 1 aromatic rings. The number of anilines is 1. The van der Waals surface area contributed by atoms with E-state index >= 15 is 0 Å². The second kappa shape index (κ2) is 8.08. The molecule has 6 nitrogen and oxygen atoms in total. The van der Waals surface area contributed by atoms with E-state index in [0.717, 1.165) is 31.9 Å². The third kappa shape index (κ3) is 4.18. The maximum Gasteiger partial charge on any atom is 0.306 e. The number of carboxylic acid groups (broad SMARTS) is 1. The highest BCUT2D eigenvalue weighted by Gasteiger charge is 2.27. The van der Waals surface area contributed by atoms with Crippen LogP contribution >= 0.6 is 0 Å². The number of piperazine rings is 1. The zero-order valence-electron chi connectivity index (χ0n) is 15.7. The van der Waals surface area contributed by atoms with Crippen molar-refractivity contribution in [2.75, 3.05) is 44.2 Å². The van der Waals surface area contributed by atoms with Gasteiger partial charge in [-0.15, -0.1) is 0 Å². The summed E-state index contributed by atoms with van der Waals surface area (Å²) in [5, 5.41) is 9.07. The Labute approximate surface area is 155 Å². The number of likely N-dealkylation sites (tertiary alicyclic amines) is 1. The molecule has 2 heterocycles. The number of carbonyl (C=O) groups is 2. The second-order valence-electron chi connectivity index (χ2n) is 7.57. The van der Waals surface area contributed by atoms with Crippen molar-refractivity contribution in [2.45, 2.75) is 32.7 Å². The number of rotatable bonds is 4. The van der Waals surface area contributed by atoms with E-state index in [0.29, 0.717) is 37.5 Å². The Morgan fingerprint density at radius 3 is 2.04 bits per heavy atom. The van der Waals surface area contributed by atoms with Gasteiger partial charge in [-0.05, 0) is 51.0 Å². The smallest absolute Gasteiger partial charge is 0.306 e. The predicted octanol–water partition coefficient (Wildman–Crippen LogP) is 2.15. The van der Waals surface area contributed by atoms with Gasteiger partial charge in [-0.1, -0.05) is 0 Å². The van der Waals surface area contributed by atoms with Gasteiger partial charge in [0.05, 0.1) is 5.92 Å². The molecule has 0 bridgehead atoms. The number of aliphatic carboxylic acids is 1. The summed E-state index contributed by atoms with van der Waals surface area (Å²) < 4.78 is 0. The normalized spacial score (nSPS) is 19.8. The number of benzene rings is 1. The number of piperidine rings is 1. The Balaban J connectivity index is 1.56. The van der Waals surface area contributed by atoms with E-state index in [9.17, 15) is 9.59 Å². The molecule has 2 aliphatic heterocycles. The first kappa shape index (κ1) is 18.7. The molecule has 0 unspecified atom stereocenters. The van der Waals surface area contributed by atoms with Gasteiger partial charge in [0, 0.05) is 56.6 Å². The maximum atomic E-state index is 12.6. The summed E-state index contributed by atoms with van der Waals surface area (Å²) in [7, 11) is 0. The van der Waals surface area contributed by atoms with Crippen LogP contribution in [0.2, 0.25) is 0 Å². The van der Waals surface area contributed by atoms with Crippen molar-refractivity contribution in [1.82, 2.24) is 9.80 Å². The van der Waals surface area contributed by atoms with Gasteiger partial charge in [0.1, 0.15) is 0 Å². The van der Waals surface area contributed by atoms with Crippen molar-refractivity contribution in [1.29, 1.82) is 0 Å². The molecule has 2 saturated heterocycles. The highest BCUT2D eigenvalue weighted by atomic mass is 16.4. The lowest BCUT2D eigenvalue weighted by atomic mass is 9.96. The van der Waals surface area contributed by atoms with Crippen LogP contribution in [0.1, 0.15) is 37.0 Å². The summed E-state index contributed by atoms with van der Waals surface area (Å²) >= 11 is 0. The van der Waals surface area contributed by atoms with Crippen LogP contribution < -0.4 is 4.90 Å². The summed E-state index contributed by atoms with van der Waals surface area (Å²) in [6.07, 6.45) is 1.08. The van der Waals surface area contributed by atoms with Crippen molar-refractivity contribution in [3.63, 3.8) is 0 Å². The third-order valence-electron chi connectivity index (χ3n) is 5.66. The lowest BCUT2D eigenvalue weighted by Crippen LogP contribution is -2.48. The molecule has 0 atom stereocenters. The summed E-state index contributed by atoms with van der Waals surface area (Å²) in [5.74, 6) is -1.06. The van der Waals surface area contributed by atoms with Crippen LogP contribution in [0.15, 0.2) is 24.3 Å². The number of hydrogen-bond donors (Lipinski definition) is 1. The molecule has 1 aromatic carbocycles. The summed E-state index contributed by atoms with van der Waals surface area (Å²) in [6.45, 7) is 9.66. The zero-order valence-corrected chi connectivity index (χ0v) is 15.7. The average molecular weight is 359 g/mol. The fraction of sp³-hybridized carbons (Fsp3) is 0.600. The third-order valence-corrected chi connectivity index (χ3v) is 5.66. The minimum atomic E-state index is -0.751. The summed E-state index contributed by atoms with van der Waals surface area (Å²) in [6, 6.07) is 8.44. The Morgan fingerprint density at radius 2 is 1.54 bits per heavy atom. The molecule has 3 rings (SSSR count). The number of carbonyl (C=O) groups excluding carboxylic acids is 1. The molecule has 1 amide bonds. The van der Waals surface area contributed by atoms with Gasteiger partial charge in [-0.25, -0.2) is 0 Å². The Hall–Kier alpha value is -2.08. The van der Waals surface area contributed by atoms with Gasteiger partial charge in [0.2, 0.25) is 0 Å². The Bertz CT molecular complexity index is 628. The molecule has 26 heavy (non-hydrogen) atoms. The highest BCUT2D eigenvalue weighted by Crippen LogP contribution is 2.22. The van der Waals surface area contributed by atoms with Crippen LogP contribution in [-0.2, 0) is 4.79 Å². The number of carboxylic acids is 1. The molecule has 0 aliphatic carbocycles. The van der Waals surface area contributed by atoms with Crippen molar-refractivity contribution in [3.05, 3.63) is 29.8 Å². The fourth-order valence-electron chi connectivity index (χ4n) is 3.82. The van der Waals surface area contributed by atoms with Crippen LogP contribution in [-0.4, -0.2) is 72.1 Å². The van der Waals surface area contributed by atoms with Crippen LogP contribution in [0.3, 0.4) is 0 Å². The van der Waals surface area contributed by atoms with Crippen LogP contribution in [0, 0.1) is 5.92 Å². The van der Waals surface area contributed by atoms with E-state index in [-0.39, 0.29) is 11.8 Å². The molecule has 2 fully saturated rings. The number of amides is 1.